The molecule has 0 aliphatic carbocycles. The SMILES string of the molecule is CC(C)C1NC(=O)C(c2ccccc2)NC1=O. The molecule has 4 heteroatoms. The highest BCUT2D eigenvalue weighted by Gasteiger charge is 2.35. The van der Waals surface area contributed by atoms with Gasteiger partial charge in [-0.3, -0.25) is 9.59 Å². The van der Waals surface area contributed by atoms with Crippen LogP contribution in [0.5, 0.6) is 0 Å². The smallest absolute Gasteiger partial charge is 0.247 e. The van der Waals surface area contributed by atoms with Gasteiger partial charge in [-0.2, -0.15) is 0 Å². The van der Waals surface area contributed by atoms with E-state index in [1.807, 2.05) is 44.2 Å². The van der Waals surface area contributed by atoms with Gasteiger partial charge in [0.2, 0.25) is 11.8 Å². The minimum atomic E-state index is -0.571. The van der Waals surface area contributed by atoms with Crippen LogP contribution in [0.3, 0.4) is 0 Å². The Morgan fingerprint density at radius 3 is 2.24 bits per heavy atom. The fourth-order valence-electron chi connectivity index (χ4n) is 1.95. The molecular weight excluding hydrogens is 216 g/mol. The Labute approximate surface area is 100 Å². The van der Waals surface area contributed by atoms with E-state index < -0.39 is 12.1 Å². The average Bonchev–Trinajstić information content (AvgIpc) is 2.32. The molecular formula is C13H16N2O2. The van der Waals surface area contributed by atoms with Crippen LogP contribution in [0.25, 0.3) is 0 Å². The first-order chi connectivity index (χ1) is 8.09. The fourth-order valence-corrected chi connectivity index (χ4v) is 1.95. The van der Waals surface area contributed by atoms with Gasteiger partial charge >= 0.3 is 0 Å². The molecule has 2 amide bonds. The van der Waals surface area contributed by atoms with Crippen LogP contribution in [0.1, 0.15) is 25.5 Å². The fraction of sp³-hybridized carbons (Fsp3) is 0.385. The zero-order valence-corrected chi connectivity index (χ0v) is 9.94. The molecule has 1 aliphatic heterocycles. The number of benzene rings is 1. The van der Waals surface area contributed by atoms with E-state index in [1.54, 1.807) is 0 Å². The van der Waals surface area contributed by atoms with E-state index in [-0.39, 0.29) is 17.7 Å². The molecule has 1 saturated heterocycles. The molecule has 1 aromatic rings. The largest absolute Gasteiger partial charge is 0.342 e. The average molecular weight is 232 g/mol. The number of hydrogen-bond acceptors (Lipinski definition) is 2. The van der Waals surface area contributed by atoms with Crippen molar-refractivity contribution in [3.63, 3.8) is 0 Å². The van der Waals surface area contributed by atoms with Crippen LogP contribution in [0.2, 0.25) is 0 Å². The summed E-state index contributed by atoms with van der Waals surface area (Å²) in [7, 11) is 0. The molecule has 2 rings (SSSR count). The highest BCUT2D eigenvalue weighted by atomic mass is 16.2. The van der Waals surface area contributed by atoms with Crippen LogP contribution in [-0.2, 0) is 9.59 Å². The molecule has 1 fully saturated rings. The molecule has 0 saturated carbocycles. The van der Waals surface area contributed by atoms with Crippen molar-refractivity contribution in [1.29, 1.82) is 0 Å². The molecule has 17 heavy (non-hydrogen) atoms. The van der Waals surface area contributed by atoms with Crippen molar-refractivity contribution in [2.45, 2.75) is 25.9 Å². The molecule has 0 bridgehead atoms. The Bertz CT molecular complexity index is 428. The second-order valence-electron chi connectivity index (χ2n) is 4.58. The van der Waals surface area contributed by atoms with E-state index in [0.29, 0.717) is 0 Å². The highest BCUT2D eigenvalue weighted by molar-refractivity contribution is 5.97. The normalized spacial score (nSPS) is 24.4. The van der Waals surface area contributed by atoms with E-state index in [0.717, 1.165) is 5.56 Å². The van der Waals surface area contributed by atoms with Crippen LogP contribution in [0, 0.1) is 5.92 Å². The van der Waals surface area contributed by atoms with Crippen LogP contribution >= 0.6 is 0 Å². The van der Waals surface area contributed by atoms with Crippen LogP contribution in [0.15, 0.2) is 30.3 Å². The van der Waals surface area contributed by atoms with Crippen molar-refractivity contribution >= 4 is 11.8 Å². The number of carbonyl (C=O) groups is 2. The van der Waals surface area contributed by atoms with E-state index in [1.165, 1.54) is 0 Å². The topological polar surface area (TPSA) is 58.2 Å². The molecule has 0 aromatic heterocycles. The first-order valence-electron chi connectivity index (χ1n) is 5.75. The number of amides is 2. The molecule has 2 unspecified atom stereocenters. The molecule has 0 spiro atoms. The van der Waals surface area contributed by atoms with Crippen molar-refractivity contribution in [3.8, 4) is 0 Å². The molecule has 4 nitrogen and oxygen atoms in total. The van der Waals surface area contributed by atoms with Crippen LogP contribution < -0.4 is 10.6 Å². The monoisotopic (exact) mass is 232 g/mol. The van der Waals surface area contributed by atoms with Crippen molar-refractivity contribution < 1.29 is 9.59 Å². The van der Waals surface area contributed by atoms with Gasteiger partial charge in [0, 0.05) is 0 Å². The van der Waals surface area contributed by atoms with E-state index >= 15 is 0 Å². The summed E-state index contributed by atoms with van der Waals surface area (Å²) >= 11 is 0. The van der Waals surface area contributed by atoms with Crippen LogP contribution in [0.4, 0.5) is 0 Å². The van der Waals surface area contributed by atoms with Gasteiger partial charge in [-0.05, 0) is 11.5 Å². The highest BCUT2D eigenvalue weighted by Crippen LogP contribution is 2.18. The first kappa shape index (κ1) is 11.6. The van der Waals surface area contributed by atoms with Gasteiger partial charge in [0.25, 0.3) is 0 Å². The summed E-state index contributed by atoms with van der Waals surface area (Å²) in [5, 5.41) is 5.53. The quantitative estimate of drug-likeness (QED) is 0.799. The lowest BCUT2D eigenvalue weighted by molar-refractivity contribution is -0.138. The maximum Gasteiger partial charge on any atom is 0.247 e. The third-order valence-corrected chi connectivity index (χ3v) is 2.93. The Hall–Kier alpha value is -1.84. The molecule has 1 aromatic carbocycles. The minimum Gasteiger partial charge on any atom is -0.342 e. The van der Waals surface area contributed by atoms with E-state index in [9.17, 15) is 9.59 Å². The number of carbonyl (C=O) groups excluding carboxylic acids is 2. The zero-order chi connectivity index (χ0) is 12.4. The predicted octanol–water partition coefficient (Wildman–Crippen LogP) is 0.998. The number of rotatable bonds is 2. The molecule has 2 N–H and O–H groups in total. The van der Waals surface area contributed by atoms with Gasteiger partial charge in [-0.1, -0.05) is 44.2 Å². The molecule has 90 valence electrons. The molecule has 1 heterocycles. The second-order valence-corrected chi connectivity index (χ2v) is 4.58. The third kappa shape index (κ3) is 2.30. The Morgan fingerprint density at radius 1 is 1.00 bits per heavy atom. The summed E-state index contributed by atoms with van der Waals surface area (Å²) in [5.74, 6) is -0.168. The van der Waals surface area contributed by atoms with E-state index in [2.05, 4.69) is 10.6 Å². The minimum absolute atomic E-state index is 0.0932. The van der Waals surface area contributed by atoms with Gasteiger partial charge in [0.15, 0.2) is 0 Å². The summed E-state index contributed by atoms with van der Waals surface area (Å²) in [6.07, 6.45) is 0. The number of piperazine rings is 1. The molecule has 0 radical (unpaired) electrons. The van der Waals surface area contributed by atoms with E-state index in [4.69, 9.17) is 0 Å². The Morgan fingerprint density at radius 2 is 1.65 bits per heavy atom. The zero-order valence-electron chi connectivity index (χ0n) is 9.94. The Balaban J connectivity index is 2.19. The third-order valence-electron chi connectivity index (χ3n) is 2.93. The lowest BCUT2D eigenvalue weighted by Gasteiger charge is -2.31. The van der Waals surface area contributed by atoms with Crippen molar-refractivity contribution in [2.75, 3.05) is 0 Å². The number of hydrogen-bond donors (Lipinski definition) is 2. The number of nitrogens with one attached hydrogen (secondary N) is 2. The lowest BCUT2D eigenvalue weighted by Crippen LogP contribution is -2.59. The summed E-state index contributed by atoms with van der Waals surface area (Å²) < 4.78 is 0. The lowest BCUT2D eigenvalue weighted by atomic mass is 9.97. The van der Waals surface area contributed by atoms with Gasteiger partial charge in [-0.25, -0.2) is 0 Å². The molecule has 2 atom stereocenters. The maximum absolute atomic E-state index is 11.9. The van der Waals surface area contributed by atoms with Gasteiger partial charge in [0.1, 0.15) is 12.1 Å². The van der Waals surface area contributed by atoms with Crippen molar-refractivity contribution in [1.82, 2.24) is 10.6 Å². The standard InChI is InChI=1S/C13H16N2O2/c1-8(2)10-12(16)15-11(13(17)14-10)9-6-4-3-5-7-9/h3-8,10-11H,1-2H3,(H,14,17)(H,15,16). The van der Waals surface area contributed by atoms with Gasteiger partial charge < -0.3 is 10.6 Å². The van der Waals surface area contributed by atoms with Gasteiger partial charge in [0.05, 0.1) is 0 Å². The van der Waals surface area contributed by atoms with Crippen LogP contribution in [-0.4, -0.2) is 17.9 Å². The second kappa shape index (κ2) is 4.57. The van der Waals surface area contributed by atoms with Gasteiger partial charge in [-0.15, -0.1) is 0 Å². The summed E-state index contributed by atoms with van der Waals surface area (Å²) in [5.41, 5.74) is 0.806. The first-order valence-corrected chi connectivity index (χ1v) is 5.75. The summed E-state index contributed by atoms with van der Waals surface area (Å²) in [6, 6.07) is 8.25. The summed E-state index contributed by atoms with van der Waals surface area (Å²) in [6.45, 7) is 3.82. The Kier molecular flexibility index (Phi) is 3.13. The maximum atomic E-state index is 11.9. The van der Waals surface area contributed by atoms with Crippen molar-refractivity contribution in [2.24, 2.45) is 5.92 Å². The predicted molar refractivity (Wildman–Crippen MR) is 64.1 cm³/mol. The van der Waals surface area contributed by atoms with Crippen molar-refractivity contribution in [3.05, 3.63) is 35.9 Å². The summed E-state index contributed by atoms with van der Waals surface area (Å²) in [4.78, 5) is 23.8. The molecule has 1 aliphatic rings.